The normalized spacial score (nSPS) is 11.7. The molecule has 0 unspecified atom stereocenters. The minimum atomic E-state index is -4.52. The second-order valence-corrected chi connectivity index (χ2v) is 8.73. The van der Waals surface area contributed by atoms with E-state index in [1.165, 1.54) is 23.5 Å². The summed E-state index contributed by atoms with van der Waals surface area (Å²) in [5.41, 5.74) is 1.47. The third kappa shape index (κ3) is 4.71. The van der Waals surface area contributed by atoms with Crippen molar-refractivity contribution in [2.45, 2.75) is 33.4 Å². The fourth-order valence-corrected chi connectivity index (χ4v) is 4.42. The molecule has 3 aromatic rings. The lowest BCUT2D eigenvalue weighted by atomic mass is 10.0. The van der Waals surface area contributed by atoms with Crippen LogP contribution in [0, 0.1) is 13.8 Å². The maximum atomic E-state index is 13.6. The SMILES string of the molecule is CCCN(c1nc(-c2ccc(Cl)cc2C(F)(F)F)c(C)s1)c1cc(Cl)ccc1C. The number of thiazole rings is 1. The Morgan fingerprint density at radius 1 is 1.03 bits per heavy atom. The van der Waals surface area contributed by atoms with Gasteiger partial charge < -0.3 is 4.90 Å². The predicted octanol–water partition coefficient (Wildman–Crippen LogP) is 8.30. The quantitative estimate of drug-likeness (QED) is 0.382. The zero-order valence-electron chi connectivity index (χ0n) is 16.1. The van der Waals surface area contributed by atoms with Crippen molar-refractivity contribution in [2.24, 2.45) is 0 Å². The average molecular weight is 459 g/mol. The van der Waals surface area contributed by atoms with Gasteiger partial charge in [-0.15, -0.1) is 11.3 Å². The van der Waals surface area contributed by atoms with Crippen LogP contribution in [0.5, 0.6) is 0 Å². The van der Waals surface area contributed by atoms with Crippen LogP contribution in [-0.4, -0.2) is 11.5 Å². The lowest BCUT2D eigenvalue weighted by Crippen LogP contribution is -2.18. The second kappa shape index (κ2) is 8.54. The van der Waals surface area contributed by atoms with Gasteiger partial charge in [0.2, 0.25) is 0 Å². The topological polar surface area (TPSA) is 16.1 Å². The summed E-state index contributed by atoms with van der Waals surface area (Å²) in [6.45, 7) is 6.45. The van der Waals surface area contributed by atoms with Crippen molar-refractivity contribution in [1.29, 1.82) is 0 Å². The Morgan fingerprint density at radius 3 is 2.34 bits per heavy atom. The van der Waals surface area contributed by atoms with E-state index in [1.807, 2.05) is 36.9 Å². The Balaban J connectivity index is 2.14. The number of nitrogens with zero attached hydrogens (tertiary/aromatic N) is 2. The van der Waals surface area contributed by atoms with Gasteiger partial charge >= 0.3 is 6.18 Å². The molecular weight excluding hydrogens is 440 g/mol. The Hall–Kier alpha value is -1.76. The smallest absolute Gasteiger partial charge is 0.318 e. The molecule has 0 fully saturated rings. The van der Waals surface area contributed by atoms with E-state index in [0.717, 1.165) is 23.7 Å². The van der Waals surface area contributed by atoms with Crippen LogP contribution in [0.2, 0.25) is 10.0 Å². The van der Waals surface area contributed by atoms with Crippen molar-refractivity contribution in [3.8, 4) is 11.3 Å². The molecule has 1 heterocycles. The minimum absolute atomic E-state index is 0.0289. The highest BCUT2D eigenvalue weighted by Crippen LogP contribution is 2.43. The average Bonchev–Trinajstić information content (AvgIpc) is 3.02. The molecule has 0 amide bonds. The number of halogens is 5. The number of hydrogen-bond acceptors (Lipinski definition) is 3. The summed E-state index contributed by atoms with van der Waals surface area (Å²) in [6, 6.07) is 9.36. The van der Waals surface area contributed by atoms with Crippen molar-refractivity contribution >= 4 is 45.4 Å². The molecule has 0 bridgehead atoms. The molecule has 3 rings (SSSR count). The molecule has 0 atom stereocenters. The van der Waals surface area contributed by atoms with Crippen LogP contribution in [-0.2, 0) is 6.18 Å². The van der Waals surface area contributed by atoms with Gasteiger partial charge in [-0.3, -0.25) is 0 Å². The first-order chi connectivity index (χ1) is 13.6. The van der Waals surface area contributed by atoms with E-state index in [4.69, 9.17) is 23.2 Å². The van der Waals surface area contributed by atoms with Gasteiger partial charge in [0.1, 0.15) is 0 Å². The number of anilines is 2. The van der Waals surface area contributed by atoms with Crippen LogP contribution in [0.3, 0.4) is 0 Å². The molecule has 0 saturated carbocycles. The molecule has 0 spiro atoms. The molecule has 0 N–H and O–H groups in total. The summed E-state index contributed by atoms with van der Waals surface area (Å²) in [5.74, 6) is 0. The van der Waals surface area contributed by atoms with Gasteiger partial charge in [-0.05, 0) is 50.1 Å². The Kier molecular flexibility index (Phi) is 6.46. The van der Waals surface area contributed by atoms with Crippen molar-refractivity contribution in [2.75, 3.05) is 11.4 Å². The molecule has 0 saturated heterocycles. The summed E-state index contributed by atoms with van der Waals surface area (Å²) in [4.78, 5) is 7.32. The molecule has 0 radical (unpaired) electrons. The molecule has 2 aromatic carbocycles. The third-order valence-corrected chi connectivity index (χ3v) is 5.93. The Bertz CT molecular complexity index is 1030. The monoisotopic (exact) mass is 458 g/mol. The van der Waals surface area contributed by atoms with Gasteiger partial charge in [-0.1, -0.05) is 42.3 Å². The number of aromatic nitrogens is 1. The zero-order chi connectivity index (χ0) is 21.3. The van der Waals surface area contributed by atoms with E-state index in [2.05, 4.69) is 4.98 Å². The molecular formula is C21H19Cl2F3N2S. The highest BCUT2D eigenvalue weighted by molar-refractivity contribution is 7.16. The van der Waals surface area contributed by atoms with Crippen LogP contribution in [0.1, 0.15) is 29.3 Å². The number of rotatable bonds is 5. The first-order valence-corrected chi connectivity index (χ1v) is 10.6. The first-order valence-electron chi connectivity index (χ1n) is 9.00. The van der Waals surface area contributed by atoms with Gasteiger partial charge in [0.05, 0.1) is 11.3 Å². The van der Waals surface area contributed by atoms with Crippen LogP contribution in [0.15, 0.2) is 36.4 Å². The van der Waals surface area contributed by atoms with Gasteiger partial charge in [-0.2, -0.15) is 13.2 Å². The number of benzene rings is 2. The van der Waals surface area contributed by atoms with Crippen LogP contribution >= 0.6 is 34.5 Å². The second-order valence-electron chi connectivity index (χ2n) is 6.67. The largest absolute Gasteiger partial charge is 0.417 e. The number of hydrogen-bond donors (Lipinski definition) is 0. The van der Waals surface area contributed by atoms with Crippen LogP contribution in [0.25, 0.3) is 11.3 Å². The molecule has 0 aliphatic rings. The van der Waals surface area contributed by atoms with Gasteiger partial charge in [0, 0.05) is 32.7 Å². The predicted molar refractivity (Wildman–Crippen MR) is 116 cm³/mol. The highest BCUT2D eigenvalue weighted by atomic mass is 35.5. The van der Waals surface area contributed by atoms with E-state index < -0.39 is 11.7 Å². The number of aryl methyl sites for hydroxylation is 2. The van der Waals surface area contributed by atoms with Gasteiger partial charge in [-0.25, -0.2) is 4.98 Å². The minimum Gasteiger partial charge on any atom is -0.318 e. The van der Waals surface area contributed by atoms with E-state index in [-0.39, 0.29) is 10.6 Å². The molecule has 8 heteroatoms. The zero-order valence-corrected chi connectivity index (χ0v) is 18.4. The summed E-state index contributed by atoms with van der Waals surface area (Å²) < 4.78 is 40.8. The van der Waals surface area contributed by atoms with Crippen molar-refractivity contribution in [1.82, 2.24) is 4.98 Å². The molecule has 2 nitrogen and oxygen atoms in total. The first kappa shape index (κ1) is 21.9. The van der Waals surface area contributed by atoms with Crippen molar-refractivity contribution in [3.63, 3.8) is 0 Å². The molecule has 1 aromatic heterocycles. The van der Waals surface area contributed by atoms with Gasteiger partial charge in [0.15, 0.2) is 5.13 Å². The van der Waals surface area contributed by atoms with E-state index in [1.54, 1.807) is 6.92 Å². The fourth-order valence-electron chi connectivity index (χ4n) is 3.12. The van der Waals surface area contributed by atoms with E-state index in [9.17, 15) is 13.2 Å². The van der Waals surface area contributed by atoms with Crippen molar-refractivity contribution < 1.29 is 13.2 Å². The van der Waals surface area contributed by atoms with Crippen molar-refractivity contribution in [3.05, 3.63) is 62.4 Å². The lowest BCUT2D eigenvalue weighted by Gasteiger charge is -2.23. The standard InChI is InChI=1S/C21H19Cl2F3N2S/c1-4-9-28(18-11-15(23)6-5-12(18)2)20-27-19(13(3)29-20)16-8-7-14(22)10-17(16)21(24,25)26/h5-8,10-11H,4,9H2,1-3H3. The Labute approximate surface area is 181 Å². The summed E-state index contributed by atoms with van der Waals surface area (Å²) >= 11 is 13.4. The third-order valence-electron chi connectivity index (χ3n) is 4.47. The van der Waals surface area contributed by atoms with E-state index >= 15 is 0 Å². The van der Waals surface area contributed by atoms with Crippen LogP contribution in [0.4, 0.5) is 24.0 Å². The summed E-state index contributed by atoms with van der Waals surface area (Å²) in [5, 5.41) is 1.27. The molecule has 0 aliphatic heterocycles. The lowest BCUT2D eigenvalue weighted by molar-refractivity contribution is -0.137. The molecule has 0 aliphatic carbocycles. The highest BCUT2D eigenvalue weighted by Gasteiger charge is 2.35. The summed E-state index contributed by atoms with van der Waals surface area (Å²) in [7, 11) is 0. The molecule has 154 valence electrons. The Morgan fingerprint density at radius 2 is 1.69 bits per heavy atom. The number of alkyl halides is 3. The maximum Gasteiger partial charge on any atom is 0.417 e. The van der Waals surface area contributed by atoms with Gasteiger partial charge in [0.25, 0.3) is 0 Å². The van der Waals surface area contributed by atoms with E-state index in [0.29, 0.717) is 27.3 Å². The molecule has 29 heavy (non-hydrogen) atoms. The maximum absolute atomic E-state index is 13.6. The fraction of sp³-hybridized carbons (Fsp3) is 0.286. The van der Waals surface area contributed by atoms with Crippen LogP contribution < -0.4 is 4.90 Å². The summed E-state index contributed by atoms with van der Waals surface area (Å²) in [6.07, 6.45) is -3.68.